The Hall–Kier alpha value is -2.05. The molecular weight excluding hydrogens is 250 g/mol. The average Bonchev–Trinajstić information content (AvgIpc) is 3.06. The van der Waals surface area contributed by atoms with Crippen molar-refractivity contribution in [3.05, 3.63) is 17.8 Å². The summed E-state index contributed by atoms with van der Waals surface area (Å²) in [6.45, 7) is 2.13. The monoisotopic (exact) mass is 267 g/mol. The smallest absolute Gasteiger partial charge is 0.323 e. The summed E-state index contributed by atoms with van der Waals surface area (Å²) in [6, 6.07) is -0.398. The Balaban J connectivity index is 1.85. The van der Waals surface area contributed by atoms with Crippen LogP contribution in [0.1, 0.15) is 24.5 Å². The number of aromatic nitrogens is 1. The maximum atomic E-state index is 11.9. The number of carbonyl (C=O) groups is 2. The highest BCUT2D eigenvalue weighted by molar-refractivity contribution is 5.80. The SMILES string of the molecule is Cc1cnc(CNC(=O)N(CC(=O)O)CC2CC2)o1. The van der Waals surface area contributed by atoms with Crippen LogP contribution in [0.5, 0.6) is 0 Å². The van der Waals surface area contributed by atoms with E-state index in [1.54, 1.807) is 13.1 Å². The zero-order valence-corrected chi connectivity index (χ0v) is 10.8. The lowest BCUT2D eigenvalue weighted by atomic mass is 10.3. The van der Waals surface area contributed by atoms with Gasteiger partial charge >= 0.3 is 12.0 Å². The lowest BCUT2D eigenvalue weighted by Gasteiger charge is -2.20. The molecule has 0 aliphatic heterocycles. The van der Waals surface area contributed by atoms with E-state index in [2.05, 4.69) is 10.3 Å². The molecule has 0 unspecified atom stereocenters. The molecule has 0 atom stereocenters. The Morgan fingerprint density at radius 3 is 2.84 bits per heavy atom. The topological polar surface area (TPSA) is 95.7 Å². The van der Waals surface area contributed by atoms with Crippen LogP contribution in [0, 0.1) is 12.8 Å². The van der Waals surface area contributed by atoms with Crippen molar-refractivity contribution < 1.29 is 19.1 Å². The van der Waals surface area contributed by atoms with Gasteiger partial charge in [0.25, 0.3) is 0 Å². The highest BCUT2D eigenvalue weighted by atomic mass is 16.4. The normalized spacial score (nSPS) is 14.2. The first-order valence-corrected chi connectivity index (χ1v) is 6.20. The molecule has 1 aliphatic rings. The molecule has 1 saturated carbocycles. The summed E-state index contributed by atoms with van der Waals surface area (Å²) < 4.78 is 5.23. The number of carboxylic acids is 1. The molecular formula is C12H17N3O4. The summed E-state index contributed by atoms with van der Waals surface area (Å²) in [5.41, 5.74) is 0. The minimum Gasteiger partial charge on any atom is -0.480 e. The molecule has 1 heterocycles. The second-order valence-electron chi connectivity index (χ2n) is 4.74. The van der Waals surface area contributed by atoms with E-state index in [1.165, 1.54) is 4.90 Å². The maximum Gasteiger partial charge on any atom is 0.323 e. The van der Waals surface area contributed by atoms with Crippen LogP contribution >= 0.6 is 0 Å². The van der Waals surface area contributed by atoms with Gasteiger partial charge in [0, 0.05) is 6.54 Å². The number of rotatable bonds is 6. The zero-order valence-electron chi connectivity index (χ0n) is 10.8. The third-order valence-electron chi connectivity index (χ3n) is 2.85. The van der Waals surface area contributed by atoms with Crippen LogP contribution in [-0.4, -0.2) is 40.1 Å². The van der Waals surface area contributed by atoms with Gasteiger partial charge in [0.15, 0.2) is 0 Å². The van der Waals surface area contributed by atoms with Gasteiger partial charge in [0.2, 0.25) is 5.89 Å². The van der Waals surface area contributed by atoms with Crippen molar-refractivity contribution in [1.29, 1.82) is 0 Å². The van der Waals surface area contributed by atoms with Crippen LogP contribution in [0.2, 0.25) is 0 Å². The van der Waals surface area contributed by atoms with Crippen LogP contribution < -0.4 is 5.32 Å². The van der Waals surface area contributed by atoms with Gasteiger partial charge in [-0.2, -0.15) is 0 Å². The summed E-state index contributed by atoms with van der Waals surface area (Å²) in [5.74, 6) is 0.508. The molecule has 2 rings (SSSR count). The van der Waals surface area contributed by atoms with Gasteiger partial charge in [0.05, 0.1) is 12.7 Å². The Morgan fingerprint density at radius 2 is 2.32 bits per heavy atom. The van der Waals surface area contributed by atoms with E-state index in [1.807, 2.05) is 0 Å². The van der Waals surface area contributed by atoms with Crippen LogP contribution in [0.15, 0.2) is 10.6 Å². The first kappa shape index (κ1) is 13.4. The van der Waals surface area contributed by atoms with Crippen LogP contribution in [0.25, 0.3) is 0 Å². The predicted molar refractivity (Wildman–Crippen MR) is 65.4 cm³/mol. The van der Waals surface area contributed by atoms with E-state index in [0.717, 1.165) is 12.8 Å². The summed E-state index contributed by atoms with van der Waals surface area (Å²) >= 11 is 0. The fourth-order valence-electron chi connectivity index (χ4n) is 1.74. The summed E-state index contributed by atoms with van der Waals surface area (Å²) in [4.78, 5) is 27.9. The van der Waals surface area contributed by atoms with E-state index in [0.29, 0.717) is 24.1 Å². The maximum absolute atomic E-state index is 11.9. The molecule has 0 saturated heterocycles. The fraction of sp³-hybridized carbons (Fsp3) is 0.583. The molecule has 1 aliphatic carbocycles. The third kappa shape index (κ3) is 4.27. The predicted octanol–water partition coefficient (Wildman–Crippen LogP) is 0.989. The van der Waals surface area contributed by atoms with Gasteiger partial charge < -0.3 is 19.7 Å². The Labute approximate surface area is 110 Å². The third-order valence-corrected chi connectivity index (χ3v) is 2.85. The Morgan fingerprint density at radius 1 is 1.58 bits per heavy atom. The van der Waals surface area contributed by atoms with Crippen molar-refractivity contribution >= 4 is 12.0 Å². The molecule has 1 aromatic heterocycles. The summed E-state index contributed by atoms with van der Waals surface area (Å²) in [6.07, 6.45) is 3.69. The van der Waals surface area contributed by atoms with Crippen molar-refractivity contribution in [2.75, 3.05) is 13.1 Å². The molecule has 0 radical (unpaired) electrons. The number of nitrogens with one attached hydrogen (secondary N) is 1. The van der Waals surface area contributed by atoms with Crippen molar-refractivity contribution in [2.45, 2.75) is 26.3 Å². The molecule has 7 nitrogen and oxygen atoms in total. The molecule has 0 bridgehead atoms. The van der Waals surface area contributed by atoms with Crippen molar-refractivity contribution in [2.24, 2.45) is 5.92 Å². The number of oxazole rings is 1. The molecule has 7 heteroatoms. The van der Waals surface area contributed by atoms with Gasteiger partial charge in [-0.15, -0.1) is 0 Å². The highest BCUT2D eigenvalue weighted by Crippen LogP contribution is 2.29. The summed E-state index contributed by atoms with van der Waals surface area (Å²) in [5, 5.41) is 11.4. The van der Waals surface area contributed by atoms with Crippen molar-refractivity contribution in [3.8, 4) is 0 Å². The van der Waals surface area contributed by atoms with Gasteiger partial charge in [0.1, 0.15) is 12.3 Å². The van der Waals surface area contributed by atoms with Crippen molar-refractivity contribution in [1.82, 2.24) is 15.2 Å². The minimum atomic E-state index is -1.01. The number of urea groups is 1. The van der Waals surface area contributed by atoms with Crippen LogP contribution in [0.4, 0.5) is 4.79 Å². The van der Waals surface area contributed by atoms with E-state index in [9.17, 15) is 9.59 Å². The van der Waals surface area contributed by atoms with E-state index >= 15 is 0 Å². The van der Waals surface area contributed by atoms with Gasteiger partial charge in [-0.05, 0) is 25.7 Å². The molecule has 0 aromatic carbocycles. The van der Waals surface area contributed by atoms with E-state index in [4.69, 9.17) is 9.52 Å². The van der Waals surface area contributed by atoms with Crippen LogP contribution in [-0.2, 0) is 11.3 Å². The number of hydrogen-bond donors (Lipinski definition) is 2. The lowest BCUT2D eigenvalue weighted by molar-refractivity contribution is -0.137. The number of nitrogens with zero attached hydrogens (tertiary/aromatic N) is 2. The molecule has 1 aromatic rings. The zero-order chi connectivity index (χ0) is 13.8. The number of aliphatic carboxylic acids is 1. The van der Waals surface area contributed by atoms with Gasteiger partial charge in [-0.1, -0.05) is 0 Å². The second kappa shape index (κ2) is 5.73. The average molecular weight is 267 g/mol. The number of hydrogen-bond acceptors (Lipinski definition) is 4. The fourth-order valence-corrected chi connectivity index (χ4v) is 1.74. The lowest BCUT2D eigenvalue weighted by Crippen LogP contribution is -2.43. The van der Waals surface area contributed by atoms with E-state index in [-0.39, 0.29) is 13.1 Å². The first-order valence-electron chi connectivity index (χ1n) is 6.20. The number of aryl methyl sites for hydroxylation is 1. The molecule has 0 spiro atoms. The largest absolute Gasteiger partial charge is 0.480 e. The van der Waals surface area contributed by atoms with Gasteiger partial charge in [-0.3, -0.25) is 4.79 Å². The van der Waals surface area contributed by atoms with E-state index < -0.39 is 12.0 Å². The summed E-state index contributed by atoms with van der Waals surface area (Å²) in [7, 11) is 0. The molecule has 2 amide bonds. The minimum absolute atomic E-state index is 0.160. The molecule has 19 heavy (non-hydrogen) atoms. The highest BCUT2D eigenvalue weighted by Gasteiger charge is 2.27. The Bertz CT molecular complexity index is 467. The van der Waals surface area contributed by atoms with Gasteiger partial charge in [-0.25, -0.2) is 9.78 Å². The first-order chi connectivity index (χ1) is 9.04. The quantitative estimate of drug-likeness (QED) is 0.801. The molecule has 1 fully saturated rings. The molecule has 2 N–H and O–H groups in total. The number of carbonyl (C=O) groups excluding carboxylic acids is 1. The van der Waals surface area contributed by atoms with Crippen molar-refractivity contribution in [3.63, 3.8) is 0 Å². The second-order valence-corrected chi connectivity index (χ2v) is 4.74. The molecule has 104 valence electrons. The standard InChI is InChI=1S/C12H17N3O4/c1-8-4-13-10(19-8)5-14-12(18)15(7-11(16)17)6-9-2-3-9/h4,9H,2-3,5-7H2,1H3,(H,14,18)(H,16,17). The number of carboxylic acid groups (broad SMARTS) is 1. The number of amides is 2. The Kier molecular flexibility index (Phi) is 4.03. The van der Waals surface area contributed by atoms with Crippen LogP contribution in [0.3, 0.4) is 0 Å².